The van der Waals surface area contributed by atoms with Crippen LogP contribution in [-0.4, -0.2) is 26.4 Å². The minimum atomic E-state index is -4.15. The van der Waals surface area contributed by atoms with Crippen molar-refractivity contribution in [2.24, 2.45) is 5.92 Å². The number of sulfonamides is 1. The van der Waals surface area contributed by atoms with Gasteiger partial charge in [-0.25, -0.2) is 12.8 Å². The molecule has 2 rings (SSSR count). The third-order valence-corrected chi connectivity index (χ3v) is 5.68. The van der Waals surface area contributed by atoms with Gasteiger partial charge < -0.3 is 5.32 Å². The number of nitrogens with one attached hydrogen (secondary N) is 2. The minimum Gasteiger partial charge on any atom is -0.351 e. The van der Waals surface area contributed by atoms with Crippen molar-refractivity contribution in [2.45, 2.75) is 49.6 Å². The van der Waals surface area contributed by atoms with E-state index in [4.69, 9.17) is 5.26 Å². The Hall–Kier alpha value is -1.98. The molecule has 0 radical (unpaired) electrons. The average molecular weight is 353 g/mol. The number of rotatable bonds is 5. The number of carbonyl (C=O) groups is 1. The number of amides is 1. The molecule has 2 N–H and O–H groups in total. The molecule has 1 fully saturated rings. The van der Waals surface area contributed by atoms with Gasteiger partial charge in [-0.2, -0.15) is 9.98 Å². The maximum atomic E-state index is 13.7. The monoisotopic (exact) mass is 353 g/mol. The van der Waals surface area contributed by atoms with Crippen LogP contribution in [0.1, 0.15) is 32.6 Å². The highest BCUT2D eigenvalue weighted by Crippen LogP contribution is 2.23. The summed E-state index contributed by atoms with van der Waals surface area (Å²) in [5.41, 5.74) is 0. The maximum Gasteiger partial charge on any atom is 0.244 e. The van der Waals surface area contributed by atoms with E-state index >= 15 is 0 Å². The zero-order valence-electron chi connectivity index (χ0n) is 13.3. The summed E-state index contributed by atoms with van der Waals surface area (Å²) < 4.78 is 40.2. The lowest BCUT2D eigenvalue weighted by atomic mass is 9.85. The Balaban J connectivity index is 2.03. The second kappa shape index (κ2) is 7.73. The topological polar surface area (TPSA) is 99.1 Å². The molecule has 8 heteroatoms. The second-order valence-electron chi connectivity index (χ2n) is 5.91. The van der Waals surface area contributed by atoms with Crippen LogP contribution >= 0.6 is 0 Å². The van der Waals surface area contributed by atoms with Crippen LogP contribution in [0.3, 0.4) is 0 Å². The summed E-state index contributed by atoms with van der Waals surface area (Å²) in [6.07, 6.45) is 3.27. The molecule has 6 nitrogen and oxygen atoms in total. The van der Waals surface area contributed by atoms with Crippen LogP contribution in [0.15, 0.2) is 29.2 Å². The van der Waals surface area contributed by atoms with E-state index in [-0.39, 0.29) is 12.0 Å². The van der Waals surface area contributed by atoms with Gasteiger partial charge in [0, 0.05) is 6.04 Å². The predicted molar refractivity (Wildman–Crippen MR) is 85.7 cm³/mol. The zero-order chi connectivity index (χ0) is 17.7. The molecule has 2 unspecified atom stereocenters. The molecule has 1 aliphatic carbocycles. The third kappa shape index (κ3) is 4.30. The summed E-state index contributed by atoms with van der Waals surface area (Å²) in [6, 6.07) is 5.79. The first-order chi connectivity index (χ1) is 11.3. The Morgan fingerprint density at radius 1 is 1.33 bits per heavy atom. The first-order valence-corrected chi connectivity index (χ1v) is 9.30. The van der Waals surface area contributed by atoms with E-state index in [0.717, 1.165) is 31.4 Å². The second-order valence-corrected chi connectivity index (χ2v) is 7.59. The Kier molecular flexibility index (Phi) is 5.91. The molecule has 1 aromatic rings. The predicted octanol–water partition coefficient (Wildman–Crippen LogP) is 1.69. The van der Waals surface area contributed by atoms with Gasteiger partial charge in [0.2, 0.25) is 15.9 Å². The van der Waals surface area contributed by atoms with Crippen molar-refractivity contribution in [2.75, 3.05) is 0 Å². The van der Waals surface area contributed by atoms with Crippen molar-refractivity contribution in [1.29, 1.82) is 5.26 Å². The molecule has 24 heavy (non-hydrogen) atoms. The van der Waals surface area contributed by atoms with Crippen LogP contribution in [0, 0.1) is 23.1 Å². The van der Waals surface area contributed by atoms with Crippen molar-refractivity contribution < 1.29 is 17.6 Å². The smallest absolute Gasteiger partial charge is 0.244 e. The van der Waals surface area contributed by atoms with E-state index in [1.807, 2.05) is 0 Å². The number of hydrogen-bond acceptors (Lipinski definition) is 4. The highest BCUT2D eigenvalue weighted by atomic mass is 32.2. The van der Waals surface area contributed by atoms with Gasteiger partial charge in [-0.1, -0.05) is 25.0 Å². The van der Waals surface area contributed by atoms with E-state index in [0.29, 0.717) is 6.42 Å². The Morgan fingerprint density at radius 3 is 2.67 bits per heavy atom. The highest BCUT2D eigenvalue weighted by Gasteiger charge is 2.30. The fourth-order valence-corrected chi connectivity index (χ4v) is 4.06. The lowest BCUT2D eigenvalue weighted by molar-refractivity contribution is -0.123. The van der Waals surface area contributed by atoms with Crippen LogP contribution in [-0.2, 0) is 14.8 Å². The number of benzene rings is 1. The summed E-state index contributed by atoms with van der Waals surface area (Å²) in [5, 5.41) is 11.9. The van der Waals surface area contributed by atoms with Crippen LogP contribution < -0.4 is 10.0 Å². The summed E-state index contributed by atoms with van der Waals surface area (Å²) in [5.74, 6) is -1.67. The molecular formula is C16H20FN3O3S. The molecule has 1 aliphatic rings. The van der Waals surface area contributed by atoms with E-state index < -0.39 is 32.7 Å². The van der Waals surface area contributed by atoms with Gasteiger partial charge in [-0.05, 0) is 31.9 Å². The zero-order valence-corrected chi connectivity index (χ0v) is 14.1. The van der Waals surface area contributed by atoms with Crippen molar-refractivity contribution in [3.05, 3.63) is 30.1 Å². The van der Waals surface area contributed by atoms with Gasteiger partial charge in [0.15, 0.2) is 0 Å². The lowest BCUT2D eigenvalue weighted by Crippen LogP contribution is -2.50. The van der Waals surface area contributed by atoms with Crippen LogP contribution in [0.25, 0.3) is 0 Å². The molecule has 0 aromatic heterocycles. The molecule has 0 aliphatic heterocycles. The summed E-state index contributed by atoms with van der Waals surface area (Å²) in [6.45, 7) is 1.39. The van der Waals surface area contributed by atoms with Crippen molar-refractivity contribution in [3.8, 4) is 6.07 Å². The molecule has 1 aromatic carbocycles. The van der Waals surface area contributed by atoms with Crippen molar-refractivity contribution in [3.63, 3.8) is 0 Å². The SMILES string of the molecule is C[C@H](NS(=O)(=O)c1ccccc1F)C(=O)NC1CCCCC1C#N. The van der Waals surface area contributed by atoms with Gasteiger partial charge in [-0.15, -0.1) is 0 Å². The molecule has 0 spiro atoms. The van der Waals surface area contributed by atoms with Crippen LogP contribution in [0.4, 0.5) is 4.39 Å². The largest absolute Gasteiger partial charge is 0.351 e. The van der Waals surface area contributed by atoms with Crippen LogP contribution in [0.5, 0.6) is 0 Å². The number of nitrogens with zero attached hydrogens (tertiary/aromatic N) is 1. The van der Waals surface area contributed by atoms with Gasteiger partial charge in [-0.3, -0.25) is 4.79 Å². The number of hydrogen-bond donors (Lipinski definition) is 2. The van der Waals surface area contributed by atoms with Gasteiger partial charge in [0.05, 0.1) is 18.0 Å². The molecule has 3 atom stereocenters. The molecular weight excluding hydrogens is 333 g/mol. The normalized spacial score (nSPS) is 22.4. The van der Waals surface area contributed by atoms with Gasteiger partial charge in [0.1, 0.15) is 10.7 Å². The molecule has 1 amide bonds. The van der Waals surface area contributed by atoms with E-state index in [2.05, 4.69) is 16.1 Å². The molecule has 0 saturated heterocycles. The van der Waals surface area contributed by atoms with Crippen molar-refractivity contribution >= 4 is 15.9 Å². The summed E-state index contributed by atoms with van der Waals surface area (Å²) in [7, 11) is -4.15. The summed E-state index contributed by atoms with van der Waals surface area (Å²) in [4.78, 5) is 11.7. The molecule has 1 saturated carbocycles. The maximum absolute atomic E-state index is 13.7. The Bertz CT molecular complexity index is 745. The van der Waals surface area contributed by atoms with Gasteiger partial charge >= 0.3 is 0 Å². The van der Waals surface area contributed by atoms with E-state index in [1.165, 1.54) is 19.1 Å². The summed E-state index contributed by atoms with van der Waals surface area (Å²) >= 11 is 0. The first kappa shape index (κ1) is 18.4. The number of halogens is 1. The van der Waals surface area contributed by atoms with E-state index in [9.17, 15) is 17.6 Å². The molecule has 0 bridgehead atoms. The van der Waals surface area contributed by atoms with Gasteiger partial charge in [0.25, 0.3) is 0 Å². The number of carbonyl (C=O) groups excluding carboxylic acids is 1. The fourth-order valence-electron chi connectivity index (χ4n) is 2.78. The average Bonchev–Trinajstić information content (AvgIpc) is 2.55. The van der Waals surface area contributed by atoms with Crippen LogP contribution in [0.2, 0.25) is 0 Å². The van der Waals surface area contributed by atoms with E-state index in [1.54, 1.807) is 0 Å². The quantitative estimate of drug-likeness (QED) is 0.841. The Labute approximate surface area is 141 Å². The third-order valence-electron chi connectivity index (χ3n) is 4.11. The Morgan fingerprint density at radius 2 is 2.00 bits per heavy atom. The molecule has 130 valence electrons. The van der Waals surface area contributed by atoms with Crippen molar-refractivity contribution in [1.82, 2.24) is 10.0 Å². The lowest BCUT2D eigenvalue weighted by Gasteiger charge is -2.28. The first-order valence-electron chi connectivity index (χ1n) is 7.82. The standard InChI is InChI=1S/C16H20FN3O3S/c1-11(16(21)19-14-8-4-2-6-12(14)10-18)20-24(22,23)15-9-5-3-7-13(15)17/h3,5,7,9,11-12,14,20H,2,4,6,8H2,1H3,(H,19,21)/t11-,12?,14?/m0/s1. The highest BCUT2D eigenvalue weighted by molar-refractivity contribution is 7.89. The molecule has 0 heterocycles. The minimum absolute atomic E-state index is 0.266. The fraction of sp³-hybridized carbons (Fsp3) is 0.500. The number of nitriles is 1.